The quantitative estimate of drug-likeness (QED) is 0.429. The van der Waals surface area contributed by atoms with Crippen molar-refractivity contribution in [2.24, 2.45) is 0 Å². The molecular weight excluding hydrogens is 461 g/mol. The van der Waals surface area contributed by atoms with E-state index < -0.39 is 23.9 Å². The van der Waals surface area contributed by atoms with Gasteiger partial charge < -0.3 is 19.5 Å². The molecule has 1 aliphatic rings. The van der Waals surface area contributed by atoms with E-state index in [9.17, 15) is 14.0 Å². The fourth-order valence-corrected chi connectivity index (χ4v) is 4.70. The summed E-state index contributed by atoms with van der Waals surface area (Å²) >= 11 is 0. The first-order chi connectivity index (χ1) is 17.5. The Balaban J connectivity index is 1.71. The van der Waals surface area contributed by atoms with Crippen molar-refractivity contribution < 1.29 is 18.7 Å². The molecule has 36 heavy (non-hydrogen) atoms. The topological polar surface area (TPSA) is 81.4 Å². The van der Waals surface area contributed by atoms with Gasteiger partial charge in [-0.05, 0) is 48.4 Å². The van der Waals surface area contributed by atoms with Crippen LogP contribution in [0.2, 0.25) is 0 Å². The van der Waals surface area contributed by atoms with Crippen LogP contribution < -0.4 is 5.32 Å². The predicted octanol–water partition coefficient (Wildman–Crippen LogP) is 4.15. The summed E-state index contributed by atoms with van der Waals surface area (Å²) in [6, 6.07) is 18.8. The lowest BCUT2D eigenvalue weighted by Crippen LogP contribution is -2.44. The second-order valence-corrected chi connectivity index (χ2v) is 8.47. The molecule has 0 spiro atoms. The Kier molecular flexibility index (Phi) is 6.28. The minimum absolute atomic E-state index is 0.210. The number of amides is 2. The molecule has 5 rings (SSSR count). The van der Waals surface area contributed by atoms with E-state index in [2.05, 4.69) is 10.1 Å². The summed E-state index contributed by atoms with van der Waals surface area (Å²) in [7, 11) is 1.26. The molecule has 8 nitrogen and oxygen atoms in total. The van der Waals surface area contributed by atoms with Crippen LogP contribution in [-0.2, 0) is 22.5 Å². The molecule has 1 aliphatic heterocycles. The smallest absolute Gasteiger partial charge is 0.325 e. The summed E-state index contributed by atoms with van der Waals surface area (Å²) in [4.78, 5) is 26.9. The van der Waals surface area contributed by atoms with E-state index >= 15 is 0 Å². The monoisotopic (exact) mass is 487 g/mol. The number of ether oxygens (including phenoxy) is 1. The van der Waals surface area contributed by atoms with E-state index in [1.807, 2.05) is 64.8 Å². The van der Waals surface area contributed by atoms with Crippen molar-refractivity contribution in [3.05, 3.63) is 101 Å². The Hall–Kier alpha value is -4.40. The number of hydrogen-bond donors (Lipinski definition) is 1. The summed E-state index contributed by atoms with van der Waals surface area (Å²) in [5.74, 6) is -0.134. The molecule has 0 unspecified atom stereocenters. The average Bonchev–Trinajstić information content (AvgIpc) is 3.48. The molecule has 2 amide bonds. The minimum atomic E-state index is -0.616. The van der Waals surface area contributed by atoms with Crippen molar-refractivity contribution in [3.63, 3.8) is 0 Å². The Morgan fingerprint density at radius 3 is 2.64 bits per heavy atom. The number of benzene rings is 2. The summed E-state index contributed by atoms with van der Waals surface area (Å²) in [6.45, 7) is 1.95. The lowest BCUT2D eigenvalue weighted by atomic mass is 10.0. The number of hydrogen-bond acceptors (Lipinski definition) is 4. The first-order valence-electron chi connectivity index (χ1n) is 11.7. The van der Waals surface area contributed by atoms with E-state index in [1.165, 1.54) is 19.2 Å². The largest absolute Gasteiger partial charge is 0.468 e. The van der Waals surface area contributed by atoms with Gasteiger partial charge >= 0.3 is 12.0 Å². The Labute approximate surface area is 207 Å². The van der Waals surface area contributed by atoms with Gasteiger partial charge in [0.1, 0.15) is 18.2 Å². The average molecular weight is 488 g/mol. The highest BCUT2D eigenvalue weighted by Crippen LogP contribution is 2.38. The van der Waals surface area contributed by atoms with Crippen LogP contribution >= 0.6 is 0 Å². The van der Waals surface area contributed by atoms with Crippen LogP contribution in [0.5, 0.6) is 0 Å². The molecule has 1 N–H and O–H groups in total. The highest BCUT2D eigenvalue weighted by molar-refractivity contribution is 5.81. The van der Waals surface area contributed by atoms with Gasteiger partial charge in [-0.1, -0.05) is 37.3 Å². The maximum Gasteiger partial charge on any atom is 0.325 e. The van der Waals surface area contributed by atoms with Gasteiger partial charge in [-0.15, -0.1) is 0 Å². The molecule has 0 fully saturated rings. The molecule has 3 heterocycles. The Bertz CT molecular complexity index is 1410. The van der Waals surface area contributed by atoms with Gasteiger partial charge in [0.05, 0.1) is 36.8 Å². The van der Waals surface area contributed by atoms with Crippen molar-refractivity contribution in [2.75, 3.05) is 13.7 Å². The lowest BCUT2D eigenvalue weighted by molar-refractivity contribution is -0.139. The zero-order valence-corrected chi connectivity index (χ0v) is 20.0. The number of para-hydroxylation sites is 1. The third-order valence-electron chi connectivity index (χ3n) is 6.34. The van der Waals surface area contributed by atoms with E-state index in [4.69, 9.17) is 5.10 Å². The molecule has 2 aromatic carbocycles. The summed E-state index contributed by atoms with van der Waals surface area (Å²) < 4.78 is 22.9. The highest BCUT2D eigenvalue weighted by Gasteiger charge is 2.36. The van der Waals surface area contributed by atoms with Crippen LogP contribution in [0.4, 0.5) is 9.18 Å². The second-order valence-electron chi connectivity index (χ2n) is 8.47. The van der Waals surface area contributed by atoms with Gasteiger partial charge in [-0.25, -0.2) is 13.9 Å². The summed E-state index contributed by atoms with van der Waals surface area (Å²) in [6.07, 6.45) is 2.58. The maximum atomic E-state index is 14.4. The summed E-state index contributed by atoms with van der Waals surface area (Å²) in [5, 5.41) is 7.55. The van der Waals surface area contributed by atoms with Gasteiger partial charge in [0.25, 0.3) is 0 Å². The predicted molar refractivity (Wildman–Crippen MR) is 131 cm³/mol. The normalized spacial score (nSPS) is 14.5. The van der Waals surface area contributed by atoms with E-state index in [0.717, 1.165) is 28.5 Å². The fraction of sp³-hybridized carbons (Fsp3) is 0.222. The molecule has 0 saturated heterocycles. The van der Waals surface area contributed by atoms with Crippen LogP contribution in [0.15, 0.2) is 72.9 Å². The number of carbonyl (C=O) groups is 2. The zero-order chi connectivity index (χ0) is 25.2. The molecular formula is C27H26FN5O3. The second kappa shape index (κ2) is 9.69. The molecule has 0 radical (unpaired) electrons. The van der Waals surface area contributed by atoms with Gasteiger partial charge in [-0.2, -0.15) is 5.10 Å². The first kappa shape index (κ1) is 23.3. The van der Waals surface area contributed by atoms with E-state index in [-0.39, 0.29) is 13.1 Å². The van der Waals surface area contributed by atoms with Crippen molar-refractivity contribution in [1.82, 2.24) is 24.6 Å². The van der Waals surface area contributed by atoms with Gasteiger partial charge in [0, 0.05) is 11.8 Å². The first-order valence-corrected chi connectivity index (χ1v) is 11.7. The third kappa shape index (κ3) is 4.13. The standard InChI is InChI=1S/C27H26FN5O3/c1-3-22-21-17-32(27(35)29-16-24(34)36-2)25(18-9-7-10-19(28)15-18)23-13-8-14-31(23)26(21)33(30-22)20-11-5-4-6-12-20/h4-15,25H,3,16-17H2,1-2H3,(H,29,35)/t25-/m1/s1. The van der Waals surface area contributed by atoms with Gasteiger partial charge in [0.2, 0.25) is 0 Å². The SMILES string of the molecule is CCc1nn(-c2ccccc2)c2c1CN(C(=O)NCC(=O)OC)[C@H](c1cccc(F)c1)c1cccn1-2. The minimum Gasteiger partial charge on any atom is -0.468 e. The third-order valence-corrected chi connectivity index (χ3v) is 6.34. The van der Waals surface area contributed by atoms with Crippen molar-refractivity contribution in [1.29, 1.82) is 0 Å². The number of urea groups is 1. The number of nitrogens with zero attached hydrogens (tertiary/aromatic N) is 4. The Morgan fingerprint density at radius 1 is 1.11 bits per heavy atom. The number of fused-ring (bicyclic) bond motifs is 3. The highest BCUT2D eigenvalue weighted by atomic mass is 19.1. The van der Waals surface area contributed by atoms with Crippen molar-refractivity contribution >= 4 is 12.0 Å². The molecule has 184 valence electrons. The molecule has 2 aromatic heterocycles. The molecule has 0 bridgehead atoms. The van der Waals surface area contributed by atoms with Crippen LogP contribution in [0.3, 0.4) is 0 Å². The molecule has 0 aliphatic carbocycles. The number of aromatic nitrogens is 3. The molecule has 1 atom stereocenters. The van der Waals surface area contributed by atoms with E-state index in [0.29, 0.717) is 12.0 Å². The molecule has 0 saturated carbocycles. The summed E-state index contributed by atoms with van der Waals surface area (Å²) in [5.41, 5.74) is 4.00. The number of halogens is 1. The lowest BCUT2D eigenvalue weighted by Gasteiger charge is -2.31. The van der Waals surface area contributed by atoms with Crippen molar-refractivity contribution in [3.8, 4) is 11.5 Å². The van der Waals surface area contributed by atoms with Crippen LogP contribution in [-0.4, -0.2) is 44.9 Å². The number of methoxy groups -OCH3 is 1. The Morgan fingerprint density at radius 2 is 1.92 bits per heavy atom. The van der Waals surface area contributed by atoms with Crippen LogP contribution in [0.1, 0.15) is 35.5 Å². The van der Waals surface area contributed by atoms with Crippen molar-refractivity contribution in [2.45, 2.75) is 25.9 Å². The fourth-order valence-electron chi connectivity index (χ4n) is 4.70. The molecule has 9 heteroatoms. The number of esters is 1. The molecule has 4 aromatic rings. The van der Waals surface area contributed by atoms with E-state index in [1.54, 1.807) is 17.0 Å². The number of carbonyl (C=O) groups excluding carboxylic acids is 2. The van der Waals surface area contributed by atoms with Gasteiger partial charge in [-0.3, -0.25) is 4.79 Å². The number of nitrogens with one attached hydrogen (secondary N) is 1. The van der Waals surface area contributed by atoms with Crippen LogP contribution in [0, 0.1) is 5.82 Å². The zero-order valence-electron chi connectivity index (χ0n) is 20.0. The van der Waals surface area contributed by atoms with Crippen LogP contribution in [0.25, 0.3) is 11.5 Å². The number of aryl methyl sites for hydroxylation is 1. The number of rotatable bonds is 5. The maximum absolute atomic E-state index is 14.4. The van der Waals surface area contributed by atoms with Gasteiger partial charge in [0.15, 0.2) is 0 Å².